The highest BCUT2D eigenvalue weighted by Crippen LogP contribution is 2.33. The Morgan fingerprint density at radius 3 is 1.20 bits per heavy atom. The molecule has 0 heterocycles. The minimum absolute atomic E-state index is 0.526. The molecule has 10 heavy (non-hydrogen) atoms. The molecule has 2 heteroatoms. The van der Waals surface area contributed by atoms with Crippen LogP contribution in [0.5, 0.6) is 0 Å². The maximum atomic E-state index is 9.50. The van der Waals surface area contributed by atoms with E-state index in [0.717, 1.165) is 25.7 Å². The molecule has 2 nitrogen and oxygen atoms in total. The topological polar surface area (TPSA) is 40.5 Å². The van der Waals surface area contributed by atoms with Crippen molar-refractivity contribution in [2.75, 3.05) is 0 Å². The minimum atomic E-state index is -0.526. The molecule has 1 rings (SSSR count). The fourth-order valence-corrected chi connectivity index (χ4v) is 1.33. The molecule has 0 atom stereocenters. The van der Waals surface area contributed by atoms with Crippen molar-refractivity contribution in [2.24, 2.45) is 0 Å². The Labute approximate surface area is 61.9 Å². The van der Waals surface area contributed by atoms with Gasteiger partial charge in [0.2, 0.25) is 0 Å². The normalized spacial score (nSPS) is 49.2. The highest BCUT2D eigenvalue weighted by Gasteiger charge is 2.34. The Morgan fingerprint density at radius 1 is 0.800 bits per heavy atom. The van der Waals surface area contributed by atoms with Crippen molar-refractivity contribution >= 4 is 0 Å². The molecule has 0 saturated heterocycles. The van der Waals surface area contributed by atoms with Crippen molar-refractivity contribution < 1.29 is 10.2 Å². The van der Waals surface area contributed by atoms with Crippen LogP contribution >= 0.6 is 0 Å². The Balaban J connectivity index is 2.46. The standard InChI is InChI=1S/C8H16O2/c1-7(9)3-5-8(2,10)6-4-7/h9-10H,3-6H2,1-2H3. The van der Waals surface area contributed by atoms with E-state index in [9.17, 15) is 10.2 Å². The average molecular weight is 144 g/mol. The summed E-state index contributed by atoms with van der Waals surface area (Å²) in [6.07, 6.45) is 2.89. The Bertz CT molecular complexity index is 99.2. The smallest absolute Gasteiger partial charge is 0.0622 e. The van der Waals surface area contributed by atoms with E-state index in [1.165, 1.54) is 0 Å². The van der Waals surface area contributed by atoms with E-state index < -0.39 is 11.2 Å². The number of hydrogen-bond acceptors (Lipinski definition) is 2. The molecule has 1 fully saturated rings. The third kappa shape index (κ3) is 1.96. The first-order chi connectivity index (χ1) is 4.41. The van der Waals surface area contributed by atoms with Gasteiger partial charge in [-0.05, 0) is 39.5 Å². The molecule has 2 N–H and O–H groups in total. The maximum absolute atomic E-state index is 9.50. The van der Waals surface area contributed by atoms with Gasteiger partial charge in [0, 0.05) is 0 Å². The van der Waals surface area contributed by atoms with E-state index in [1.54, 1.807) is 0 Å². The first kappa shape index (κ1) is 8.02. The van der Waals surface area contributed by atoms with Gasteiger partial charge in [-0.3, -0.25) is 0 Å². The van der Waals surface area contributed by atoms with Gasteiger partial charge in [-0.15, -0.1) is 0 Å². The van der Waals surface area contributed by atoms with Gasteiger partial charge in [0.25, 0.3) is 0 Å². The summed E-state index contributed by atoms with van der Waals surface area (Å²) in [6, 6.07) is 0. The van der Waals surface area contributed by atoms with Crippen molar-refractivity contribution in [3.05, 3.63) is 0 Å². The molecule has 0 aliphatic heterocycles. The van der Waals surface area contributed by atoms with E-state index in [2.05, 4.69) is 0 Å². The summed E-state index contributed by atoms with van der Waals surface area (Å²) in [5.74, 6) is 0. The van der Waals surface area contributed by atoms with Crippen LogP contribution in [0.3, 0.4) is 0 Å². The lowest BCUT2D eigenvalue weighted by Crippen LogP contribution is -2.38. The number of rotatable bonds is 0. The summed E-state index contributed by atoms with van der Waals surface area (Å²) in [7, 11) is 0. The molecular formula is C8H16O2. The zero-order valence-electron chi connectivity index (χ0n) is 6.72. The molecule has 0 radical (unpaired) electrons. The maximum Gasteiger partial charge on any atom is 0.0622 e. The van der Waals surface area contributed by atoms with Gasteiger partial charge in [0.1, 0.15) is 0 Å². The van der Waals surface area contributed by atoms with Gasteiger partial charge in [0.15, 0.2) is 0 Å². The first-order valence-electron chi connectivity index (χ1n) is 3.86. The highest BCUT2D eigenvalue weighted by atomic mass is 16.3. The second-order valence-electron chi connectivity index (χ2n) is 3.99. The van der Waals surface area contributed by atoms with Crippen molar-refractivity contribution in [1.29, 1.82) is 0 Å². The van der Waals surface area contributed by atoms with Crippen LogP contribution in [0.15, 0.2) is 0 Å². The van der Waals surface area contributed by atoms with Crippen molar-refractivity contribution in [2.45, 2.75) is 50.7 Å². The first-order valence-corrected chi connectivity index (χ1v) is 3.86. The van der Waals surface area contributed by atoms with E-state index in [0.29, 0.717) is 0 Å². The lowest BCUT2D eigenvalue weighted by molar-refractivity contribution is -0.0622. The van der Waals surface area contributed by atoms with Gasteiger partial charge in [-0.1, -0.05) is 0 Å². The van der Waals surface area contributed by atoms with E-state index in [1.807, 2.05) is 13.8 Å². The molecule has 1 saturated carbocycles. The zero-order chi connectivity index (χ0) is 7.83. The molecule has 0 amide bonds. The van der Waals surface area contributed by atoms with Gasteiger partial charge in [-0.25, -0.2) is 0 Å². The third-order valence-corrected chi connectivity index (χ3v) is 2.40. The zero-order valence-corrected chi connectivity index (χ0v) is 6.72. The van der Waals surface area contributed by atoms with E-state index in [4.69, 9.17) is 0 Å². The number of aliphatic hydroxyl groups is 2. The number of hydrogen-bond donors (Lipinski definition) is 2. The van der Waals surface area contributed by atoms with Gasteiger partial charge >= 0.3 is 0 Å². The van der Waals surface area contributed by atoms with Gasteiger partial charge < -0.3 is 10.2 Å². The van der Waals surface area contributed by atoms with Gasteiger partial charge in [0.05, 0.1) is 11.2 Å². The molecule has 1 aliphatic rings. The van der Waals surface area contributed by atoms with Crippen LogP contribution in [0.25, 0.3) is 0 Å². The highest BCUT2D eigenvalue weighted by molar-refractivity contribution is 4.87. The quantitative estimate of drug-likeness (QED) is 0.533. The molecular weight excluding hydrogens is 128 g/mol. The molecule has 1 aliphatic carbocycles. The summed E-state index contributed by atoms with van der Waals surface area (Å²) in [4.78, 5) is 0. The van der Waals surface area contributed by atoms with Crippen LogP contribution in [-0.4, -0.2) is 21.4 Å². The molecule has 0 aromatic heterocycles. The predicted molar refractivity (Wildman–Crippen MR) is 39.7 cm³/mol. The summed E-state index contributed by atoms with van der Waals surface area (Å²) in [5.41, 5.74) is -1.05. The van der Waals surface area contributed by atoms with Crippen molar-refractivity contribution in [3.8, 4) is 0 Å². The third-order valence-electron chi connectivity index (χ3n) is 2.40. The molecule has 0 spiro atoms. The SMILES string of the molecule is CC1(O)CCC(C)(O)CC1. The van der Waals surface area contributed by atoms with Crippen LogP contribution in [-0.2, 0) is 0 Å². The molecule has 0 aromatic carbocycles. The van der Waals surface area contributed by atoms with Crippen LogP contribution in [0.1, 0.15) is 39.5 Å². The summed E-state index contributed by atoms with van der Waals surface area (Å²) < 4.78 is 0. The van der Waals surface area contributed by atoms with E-state index >= 15 is 0 Å². The van der Waals surface area contributed by atoms with Crippen LogP contribution in [0, 0.1) is 0 Å². The minimum Gasteiger partial charge on any atom is -0.390 e. The van der Waals surface area contributed by atoms with Crippen molar-refractivity contribution in [1.82, 2.24) is 0 Å². The second-order valence-corrected chi connectivity index (χ2v) is 3.99. The summed E-state index contributed by atoms with van der Waals surface area (Å²) >= 11 is 0. The molecule has 0 aromatic rings. The van der Waals surface area contributed by atoms with E-state index in [-0.39, 0.29) is 0 Å². The Morgan fingerprint density at radius 2 is 1.00 bits per heavy atom. The summed E-state index contributed by atoms with van der Waals surface area (Å²) in [5, 5.41) is 19.0. The van der Waals surface area contributed by atoms with Crippen LogP contribution in [0.2, 0.25) is 0 Å². The summed E-state index contributed by atoms with van der Waals surface area (Å²) in [6.45, 7) is 3.67. The monoisotopic (exact) mass is 144 g/mol. The predicted octanol–water partition coefficient (Wildman–Crippen LogP) is 1.06. The molecule has 0 bridgehead atoms. The lowest BCUT2D eigenvalue weighted by Gasteiger charge is -2.36. The Hall–Kier alpha value is -0.0800. The molecule has 0 unspecified atom stereocenters. The lowest BCUT2D eigenvalue weighted by atomic mass is 9.78. The largest absolute Gasteiger partial charge is 0.390 e. The van der Waals surface area contributed by atoms with Crippen LogP contribution in [0.4, 0.5) is 0 Å². The van der Waals surface area contributed by atoms with Crippen molar-refractivity contribution in [3.63, 3.8) is 0 Å². The fraction of sp³-hybridized carbons (Fsp3) is 1.00. The van der Waals surface area contributed by atoms with Gasteiger partial charge in [-0.2, -0.15) is 0 Å². The molecule has 60 valence electrons. The second kappa shape index (κ2) is 2.21. The van der Waals surface area contributed by atoms with Crippen LogP contribution < -0.4 is 0 Å². The fourth-order valence-electron chi connectivity index (χ4n) is 1.33. The Kier molecular flexibility index (Phi) is 1.77. The average Bonchev–Trinajstić information content (AvgIpc) is 1.79.